The standard InChI is InChI=1S/C26H31N2O5S/c1-4-33-22(29)16-26(30)14-15-27(25(17-26)12-13-25)24-23-19(3)6-5-7-21(23)28(24)34(31,32)20-10-8-18(2)9-11-20/h5-11,30H,4,12-17H2,1-3H3/q+1. The van der Waals surface area contributed by atoms with Gasteiger partial charge >= 0.3 is 21.8 Å². The van der Waals surface area contributed by atoms with Gasteiger partial charge in [0.25, 0.3) is 0 Å². The summed E-state index contributed by atoms with van der Waals surface area (Å²) in [5.74, 6) is 0.291. The summed E-state index contributed by atoms with van der Waals surface area (Å²) >= 11 is 0. The highest BCUT2D eigenvalue weighted by atomic mass is 32.2. The Kier molecular flexibility index (Phi) is 5.37. The maximum absolute atomic E-state index is 13.8. The van der Waals surface area contributed by atoms with Crippen molar-refractivity contribution in [2.75, 3.05) is 17.5 Å². The molecule has 0 bridgehead atoms. The van der Waals surface area contributed by atoms with E-state index in [-0.39, 0.29) is 23.5 Å². The van der Waals surface area contributed by atoms with Crippen LogP contribution in [0.5, 0.6) is 0 Å². The predicted molar refractivity (Wildman–Crippen MR) is 129 cm³/mol. The number of piperidine rings is 1. The van der Waals surface area contributed by atoms with Gasteiger partial charge in [0.15, 0.2) is 5.69 Å². The Balaban J connectivity index is 1.58. The number of benzene rings is 2. The second-order valence-electron chi connectivity index (χ2n) is 9.88. The Morgan fingerprint density at radius 1 is 1.12 bits per heavy atom. The molecule has 180 valence electrons. The van der Waals surface area contributed by atoms with Gasteiger partial charge in [0, 0.05) is 12.8 Å². The first-order chi connectivity index (χ1) is 16.1. The number of hydrogen-bond acceptors (Lipinski definition) is 5. The summed E-state index contributed by atoms with van der Waals surface area (Å²) in [6, 6.07) is 12.6. The van der Waals surface area contributed by atoms with Gasteiger partial charge in [0.2, 0.25) is 0 Å². The Morgan fingerprint density at radius 2 is 1.82 bits per heavy atom. The van der Waals surface area contributed by atoms with Crippen LogP contribution in [0.3, 0.4) is 0 Å². The van der Waals surface area contributed by atoms with Gasteiger partial charge in [0.05, 0.1) is 25.2 Å². The average Bonchev–Trinajstić information content (AvgIpc) is 3.50. The van der Waals surface area contributed by atoms with Crippen LogP contribution >= 0.6 is 0 Å². The maximum Gasteiger partial charge on any atom is 0.335 e. The van der Waals surface area contributed by atoms with Gasteiger partial charge in [-0.05, 0) is 57.4 Å². The highest BCUT2D eigenvalue weighted by molar-refractivity contribution is 7.93. The van der Waals surface area contributed by atoms with Crippen molar-refractivity contribution in [2.24, 2.45) is 0 Å². The summed E-state index contributed by atoms with van der Waals surface area (Å²) in [5.41, 5.74) is 2.15. The number of carbonyl (C=O) groups excluding carboxylic acids is 1. The van der Waals surface area contributed by atoms with E-state index in [1.165, 1.54) is 4.31 Å². The molecule has 1 saturated heterocycles. The number of ether oxygens (including phenoxy) is 1. The summed E-state index contributed by atoms with van der Waals surface area (Å²) in [6.07, 6.45) is 2.45. The van der Waals surface area contributed by atoms with Crippen LogP contribution in [-0.2, 0) is 19.6 Å². The molecule has 2 fully saturated rings. The largest absolute Gasteiger partial charge is 0.466 e. The van der Waals surface area contributed by atoms with Crippen LogP contribution in [0, 0.1) is 13.8 Å². The van der Waals surface area contributed by atoms with Gasteiger partial charge in [-0.3, -0.25) is 9.37 Å². The van der Waals surface area contributed by atoms with Crippen molar-refractivity contribution in [3.63, 3.8) is 0 Å². The van der Waals surface area contributed by atoms with Crippen LogP contribution in [0.25, 0.3) is 0 Å². The third kappa shape index (κ3) is 3.64. The van der Waals surface area contributed by atoms with Crippen molar-refractivity contribution in [1.29, 1.82) is 0 Å². The first-order valence-corrected chi connectivity index (χ1v) is 13.3. The van der Waals surface area contributed by atoms with E-state index < -0.39 is 21.6 Å². The zero-order chi connectivity index (χ0) is 24.3. The van der Waals surface area contributed by atoms with Crippen LogP contribution in [0.4, 0.5) is 5.69 Å². The number of amidine groups is 1. The van der Waals surface area contributed by atoms with Crippen molar-refractivity contribution in [3.8, 4) is 0 Å². The summed E-state index contributed by atoms with van der Waals surface area (Å²) < 4.78 is 36.3. The molecule has 5 rings (SSSR count). The number of nitrogens with zero attached hydrogens (tertiary/aromatic N) is 2. The van der Waals surface area contributed by atoms with Crippen LogP contribution in [-0.4, -0.2) is 54.2 Å². The quantitative estimate of drug-likeness (QED) is 0.521. The molecule has 0 radical (unpaired) electrons. The zero-order valence-electron chi connectivity index (χ0n) is 19.9. The monoisotopic (exact) mass is 483 g/mol. The molecule has 1 saturated carbocycles. The fourth-order valence-corrected chi connectivity index (χ4v) is 7.00. The topological polar surface area (TPSA) is 86.9 Å². The van der Waals surface area contributed by atoms with Crippen molar-refractivity contribution >= 4 is 27.5 Å². The molecule has 1 N–H and O–H groups in total. The Hall–Kier alpha value is -2.71. The molecule has 2 aliphatic heterocycles. The lowest BCUT2D eigenvalue weighted by atomic mass is 9.82. The first-order valence-electron chi connectivity index (χ1n) is 11.8. The number of carbonyl (C=O) groups is 1. The van der Waals surface area contributed by atoms with E-state index >= 15 is 0 Å². The smallest absolute Gasteiger partial charge is 0.335 e. The van der Waals surface area contributed by atoms with E-state index in [9.17, 15) is 18.3 Å². The van der Waals surface area contributed by atoms with Gasteiger partial charge in [-0.1, -0.05) is 29.8 Å². The minimum absolute atomic E-state index is 0.0350. The number of aryl methyl sites for hydroxylation is 2. The molecular formula is C26H31N2O5S+. The van der Waals surface area contributed by atoms with Gasteiger partial charge in [0.1, 0.15) is 16.0 Å². The fraction of sp³-hybridized carbons (Fsp3) is 0.462. The van der Waals surface area contributed by atoms with E-state index in [1.807, 2.05) is 44.2 Å². The summed E-state index contributed by atoms with van der Waals surface area (Å²) in [6.45, 7) is 6.43. The van der Waals surface area contributed by atoms with E-state index in [4.69, 9.17) is 4.74 Å². The summed E-state index contributed by atoms with van der Waals surface area (Å²) in [4.78, 5) is 12.4. The molecule has 2 aromatic carbocycles. The molecule has 1 aliphatic carbocycles. The van der Waals surface area contributed by atoms with Crippen molar-refractivity contribution in [3.05, 3.63) is 59.2 Å². The maximum atomic E-state index is 13.8. The second-order valence-corrected chi connectivity index (χ2v) is 11.7. The van der Waals surface area contributed by atoms with E-state index in [2.05, 4.69) is 4.58 Å². The summed E-state index contributed by atoms with van der Waals surface area (Å²) in [7, 11) is -3.81. The molecule has 0 amide bonds. The van der Waals surface area contributed by atoms with Crippen LogP contribution in [0.15, 0.2) is 47.4 Å². The summed E-state index contributed by atoms with van der Waals surface area (Å²) in [5, 5.41) is 11.2. The van der Waals surface area contributed by atoms with Gasteiger partial charge in [-0.2, -0.15) is 8.42 Å². The molecule has 1 spiro atoms. The highest BCUT2D eigenvalue weighted by Crippen LogP contribution is 2.52. The van der Waals surface area contributed by atoms with Gasteiger partial charge in [-0.15, -0.1) is 4.31 Å². The van der Waals surface area contributed by atoms with Crippen molar-refractivity contribution in [1.82, 2.24) is 0 Å². The second kappa shape index (κ2) is 7.92. The Bertz CT molecular complexity index is 1290. The molecular weight excluding hydrogens is 452 g/mol. The number of esters is 1. The average molecular weight is 484 g/mol. The van der Waals surface area contributed by atoms with Crippen LogP contribution in [0.1, 0.15) is 55.7 Å². The third-order valence-electron chi connectivity index (χ3n) is 7.34. The predicted octanol–water partition coefficient (Wildman–Crippen LogP) is 3.28. The minimum Gasteiger partial charge on any atom is -0.466 e. The lowest BCUT2D eigenvalue weighted by Gasteiger charge is -2.41. The fourth-order valence-electron chi connectivity index (χ4n) is 5.49. The van der Waals surface area contributed by atoms with E-state index in [0.717, 1.165) is 29.5 Å². The van der Waals surface area contributed by atoms with Crippen molar-refractivity contribution < 1.29 is 27.6 Å². The van der Waals surface area contributed by atoms with Crippen LogP contribution < -0.4 is 4.31 Å². The molecule has 34 heavy (non-hydrogen) atoms. The minimum atomic E-state index is -3.81. The molecule has 2 aromatic rings. The van der Waals surface area contributed by atoms with E-state index in [1.54, 1.807) is 19.1 Å². The molecule has 0 aromatic heterocycles. The lowest BCUT2D eigenvalue weighted by molar-refractivity contribution is -0.600. The number of aliphatic hydroxyl groups is 1. The zero-order valence-corrected chi connectivity index (χ0v) is 20.7. The van der Waals surface area contributed by atoms with Crippen LogP contribution in [0.2, 0.25) is 0 Å². The number of anilines is 1. The molecule has 7 nitrogen and oxygen atoms in total. The SMILES string of the molecule is CCOC(=O)CC1(O)CC[N+](=C2c3c(C)cccc3N2S(=O)(=O)c2ccc(C)cc2)C2(CC2)C1. The molecule has 1 atom stereocenters. The first kappa shape index (κ1) is 23.1. The molecule has 2 heterocycles. The van der Waals surface area contributed by atoms with Gasteiger partial charge < -0.3 is 9.84 Å². The van der Waals surface area contributed by atoms with E-state index in [0.29, 0.717) is 30.9 Å². The number of rotatable bonds is 5. The van der Waals surface area contributed by atoms with Crippen molar-refractivity contribution in [2.45, 2.75) is 68.9 Å². The molecule has 8 heteroatoms. The van der Waals surface area contributed by atoms with Gasteiger partial charge in [-0.25, -0.2) is 0 Å². The number of sulfonamides is 1. The molecule has 1 unspecified atom stereocenters. The number of hydrogen-bond donors (Lipinski definition) is 1. The third-order valence-corrected chi connectivity index (χ3v) is 9.06. The Labute approximate surface area is 200 Å². The lowest BCUT2D eigenvalue weighted by Crippen LogP contribution is -2.58. The highest BCUT2D eigenvalue weighted by Gasteiger charge is 2.62. The molecule has 3 aliphatic rings. The normalized spacial score (nSPS) is 25.0. The number of fused-ring (bicyclic) bond motifs is 1. The Morgan fingerprint density at radius 3 is 2.47 bits per heavy atom.